The van der Waals surface area contributed by atoms with Crippen LogP contribution in [0.5, 0.6) is 0 Å². The number of rotatable bonds is 0. The molecule has 60 valence electrons. The molecule has 0 aliphatic heterocycles. The Morgan fingerprint density at radius 1 is 1.73 bits per heavy atom. The molecule has 1 heterocycles. The lowest BCUT2D eigenvalue weighted by Gasteiger charge is -2.08. The first kappa shape index (κ1) is 7.52. The van der Waals surface area contributed by atoms with E-state index in [1.54, 1.807) is 14.1 Å². The minimum atomic E-state index is -0.306. The molecule has 0 bridgehead atoms. The molecule has 0 aliphatic carbocycles. The number of carbonyl (C=O) groups excluding carboxylic acids is 1. The van der Waals surface area contributed by atoms with Crippen molar-refractivity contribution in [1.82, 2.24) is 19.7 Å². The third-order valence-corrected chi connectivity index (χ3v) is 1.14. The Labute approximate surface area is 63.6 Å². The smallest absolute Gasteiger partial charge is 0.347 e. The zero-order valence-electron chi connectivity index (χ0n) is 6.35. The molecular weight excluding hydrogens is 146 g/mol. The second-order valence-electron chi connectivity index (χ2n) is 2.21. The summed E-state index contributed by atoms with van der Waals surface area (Å²) < 4.78 is 1.03. The van der Waals surface area contributed by atoms with Crippen molar-refractivity contribution in [3.63, 3.8) is 0 Å². The zero-order valence-corrected chi connectivity index (χ0v) is 6.35. The van der Waals surface area contributed by atoms with E-state index in [1.165, 1.54) is 11.2 Å². The van der Waals surface area contributed by atoms with Crippen molar-refractivity contribution in [1.29, 1.82) is 0 Å². The molecule has 0 aromatic carbocycles. The van der Waals surface area contributed by atoms with Gasteiger partial charge >= 0.3 is 6.03 Å². The maximum Gasteiger partial charge on any atom is 0.347 e. The molecule has 6 heteroatoms. The first-order valence-corrected chi connectivity index (χ1v) is 3.00. The summed E-state index contributed by atoms with van der Waals surface area (Å²) in [7, 11) is 3.23. The van der Waals surface area contributed by atoms with Crippen LogP contribution in [0.3, 0.4) is 0 Å². The monoisotopic (exact) mass is 155 g/mol. The van der Waals surface area contributed by atoms with Gasteiger partial charge in [0.1, 0.15) is 6.33 Å². The number of nitrogens with zero attached hydrogens (tertiary/aromatic N) is 4. The van der Waals surface area contributed by atoms with E-state index in [4.69, 9.17) is 5.73 Å². The average molecular weight is 155 g/mol. The Hall–Kier alpha value is -1.59. The molecule has 0 fully saturated rings. The van der Waals surface area contributed by atoms with Gasteiger partial charge in [0.25, 0.3) is 0 Å². The summed E-state index contributed by atoms with van der Waals surface area (Å²) in [5.41, 5.74) is 5.32. The van der Waals surface area contributed by atoms with Crippen molar-refractivity contribution >= 4 is 12.0 Å². The molecule has 0 saturated heterocycles. The summed E-state index contributed by atoms with van der Waals surface area (Å²) >= 11 is 0. The van der Waals surface area contributed by atoms with Crippen molar-refractivity contribution < 1.29 is 4.79 Å². The SMILES string of the molecule is CN(C)C(=O)n1ncnc1N. The van der Waals surface area contributed by atoms with E-state index in [1.807, 2.05) is 0 Å². The molecule has 0 spiro atoms. The summed E-state index contributed by atoms with van der Waals surface area (Å²) in [6.07, 6.45) is 1.23. The summed E-state index contributed by atoms with van der Waals surface area (Å²) in [5.74, 6) is 0.101. The van der Waals surface area contributed by atoms with Crippen LogP contribution in [0.1, 0.15) is 0 Å². The number of nitrogen functional groups attached to an aromatic ring is 1. The Balaban J connectivity index is 2.93. The third kappa shape index (κ3) is 1.28. The molecule has 1 amide bonds. The second kappa shape index (κ2) is 2.57. The van der Waals surface area contributed by atoms with Gasteiger partial charge in [-0.1, -0.05) is 0 Å². The first-order chi connectivity index (χ1) is 5.13. The van der Waals surface area contributed by atoms with Crippen LogP contribution in [0.4, 0.5) is 10.7 Å². The van der Waals surface area contributed by atoms with E-state index in [2.05, 4.69) is 10.1 Å². The Bertz CT molecular complexity index is 266. The van der Waals surface area contributed by atoms with Crippen molar-refractivity contribution in [2.75, 3.05) is 19.8 Å². The third-order valence-electron chi connectivity index (χ3n) is 1.14. The predicted molar refractivity (Wildman–Crippen MR) is 38.9 cm³/mol. The van der Waals surface area contributed by atoms with Gasteiger partial charge in [-0.25, -0.2) is 4.79 Å². The lowest BCUT2D eigenvalue weighted by Crippen LogP contribution is -2.29. The quantitative estimate of drug-likeness (QED) is 0.542. The molecular formula is C5H9N5O. The van der Waals surface area contributed by atoms with E-state index in [9.17, 15) is 4.79 Å². The van der Waals surface area contributed by atoms with Crippen LogP contribution >= 0.6 is 0 Å². The van der Waals surface area contributed by atoms with Crippen molar-refractivity contribution in [3.8, 4) is 0 Å². The van der Waals surface area contributed by atoms with Crippen molar-refractivity contribution in [3.05, 3.63) is 6.33 Å². The lowest BCUT2D eigenvalue weighted by atomic mass is 10.8. The Morgan fingerprint density at radius 2 is 2.36 bits per heavy atom. The van der Waals surface area contributed by atoms with Gasteiger partial charge in [0, 0.05) is 14.1 Å². The molecule has 6 nitrogen and oxygen atoms in total. The molecule has 1 aromatic heterocycles. The summed E-state index contributed by atoms with van der Waals surface area (Å²) in [6, 6.07) is -0.306. The number of anilines is 1. The standard InChI is InChI=1S/C5H9N5O/c1-9(2)5(11)10-4(6)7-3-8-10/h3H,1-2H3,(H2,6,7,8). The van der Waals surface area contributed by atoms with Gasteiger partial charge in [0.05, 0.1) is 0 Å². The number of carbonyl (C=O) groups is 1. The fourth-order valence-corrected chi connectivity index (χ4v) is 0.587. The highest BCUT2D eigenvalue weighted by Gasteiger charge is 2.10. The van der Waals surface area contributed by atoms with E-state index in [0.29, 0.717) is 0 Å². The average Bonchev–Trinajstić information content (AvgIpc) is 2.33. The molecule has 1 aromatic rings. The zero-order chi connectivity index (χ0) is 8.43. The maximum atomic E-state index is 11.1. The summed E-state index contributed by atoms with van der Waals surface area (Å²) in [5, 5.41) is 3.63. The van der Waals surface area contributed by atoms with Crippen molar-refractivity contribution in [2.45, 2.75) is 0 Å². The predicted octanol–water partition coefficient (Wildman–Crippen LogP) is -0.610. The molecule has 0 unspecified atom stereocenters. The minimum absolute atomic E-state index is 0.101. The molecule has 0 saturated carbocycles. The van der Waals surface area contributed by atoms with Crippen LogP contribution in [0.25, 0.3) is 0 Å². The normalized spacial score (nSPS) is 9.64. The van der Waals surface area contributed by atoms with Gasteiger partial charge in [-0.05, 0) is 0 Å². The highest BCUT2D eigenvalue weighted by Crippen LogP contribution is 1.95. The number of amides is 1. The summed E-state index contributed by atoms with van der Waals surface area (Å²) in [4.78, 5) is 16.1. The number of hydrogen-bond acceptors (Lipinski definition) is 4. The maximum absolute atomic E-state index is 11.1. The Kier molecular flexibility index (Phi) is 1.75. The molecule has 1 rings (SSSR count). The summed E-state index contributed by atoms with van der Waals surface area (Å²) in [6.45, 7) is 0. The fraction of sp³-hybridized carbons (Fsp3) is 0.400. The van der Waals surface area contributed by atoms with Crippen LogP contribution in [-0.2, 0) is 0 Å². The van der Waals surface area contributed by atoms with E-state index < -0.39 is 0 Å². The van der Waals surface area contributed by atoms with Crippen LogP contribution in [0.2, 0.25) is 0 Å². The highest BCUT2D eigenvalue weighted by molar-refractivity contribution is 5.77. The number of nitrogens with two attached hydrogens (primary N) is 1. The van der Waals surface area contributed by atoms with Crippen molar-refractivity contribution in [2.24, 2.45) is 0 Å². The van der Waals surface area contributed by atoms with Gasteiger partial charge in [-0.15, -0.1) is 9.78 Å². The Morgan fingerprint density at radius 3 is 2.73 bits per heavy atom. The second-order valence-corrected chi connectivity index (χ2v) is 2.21. The molecule has 0 atom stereocenters. The highest BCUT2D eigenvalue weighted by atomic mass is 16.2. The number of hydrogen-bond donors (Lipinski definition) is 1. The van der Waals surface area contributed by atoms with Crippen LogP contribution in [0, 0.1) is 0 Å². The molecule has 0 aliphatic rings. The van der Waals surface area contributed by atoms with Gasteiger partial charge in [0.15, 0.2) is 0 Å². The first-order valence-electron chi connectivity index (χ1n) is 3.00. The molecule has 2 N–H and O–H groups in total. The minimum Gasteiger partial charge on any atom is -0.368 e. The topological polar surface area (TPSA) is 77.0 Å². The van der Waals surface area contributed by atoms with E-state index in [0.717, 1.165) is 4.68 Å². The molecule has 11 heavy (non-hydrogen) atoms. The lowest BCUT2D eigenvalue weighted by molar-refractivity contribution is 0.216. The largest absolute Gasteiger partial charge is 0.368 e. The van der Waals surface area contributed by atoms with Crippen LogP contribution in [0.15, 0.2) is 6.33 Å². The van der Waals surface area contributed by atoms with E-state index >= 15 is 0 Å². The van der Waals surface area contributed by atoms with Gasteiger partial charge in [-0.2, -0.15) is 4.98 Å². The number of aromatic nitrogens is 3. The van der Waals surface area contributed by atoms with Crippen LogP contribution < -0.4 is 5.73 Å². The molecule has 0 radical (unpaired) electrons. The fourth-order valence-electron chi connectivity index (χ4n) is 0.587. The van der Waals surface area contributed by atoms with Gasteiger partial charge < -0.3 is 10.6 Å². The van der Waals surface area contributed by atoms with Gasteiger partial charge in [-0.3, -0.25) is 0 Å². The van der Waals surface area contributed by atoms with Gasteiger partial charge in [0.2, 0.25) is 5.95 Å². The van der Waals surface area contributed by atoms with E-state index in [-0.39, 0.29) is 12.0 Å². The van der Waals surface area contributed by atoms with Crippen LogP contribution in [-0.4, -0.2) is 39.8 Å².